The molecule has 1 heterocycles. The number of amides is 1. The van der Waals surface area contributed by atoms with E-state index in [4.69, 9.17) is 5.73 Å². The molecular formula is C15H12N2O2S. The first kappa shape index (κ1) is 12.9. The Bertz CT molecular complexity index is 729. The van der Waals surface area contributed by atoms with Crippen LogP contribution in [0.4, 0.5) is 5.69 Å². The van der Waals surface area contributed by atoms with Crippen LogP contribution in [0, 0.1) is 0 Å². The number of aliphatic imine (C=N–C) groups is 1. The van der Waals surface area contributed by atoms with Crippen molar-refractivity contribution >= 4 is 34.9 Å². The summed E-state index contributed by atoms with van der Waals surface area (Å²) in [5.74, 6) is -0.501. The van der Waals surface area contributed by atoms with Gasteiger partial charge in [0.25, 0.3) is 0 Å². The summed E-state index contributed by atoms with van der Waals surface area (Å²) in [5.41, 5.74) is 8.34. The Morgan fingerprint density at radius 3 is 2.80 bits per heavy atom. The minimum absolute atomic E-state index is 0.0327. The largest absolute Gasteiger partial charge is 0.366 e. The van der Waals surface area contributed by atoms with Crippen LogP contribution in [0.5, 0.6) is 0 Å². The quantitative estimate of drug-likeness (QED) is 0.906. The lowest BCUT2D eigenvalue weighted by molar-refractivity contribution is -0.114. The fourth-order valence-corrected chi connectivity index (χ4v) is 3.07. The number of carbonyl (C=O) groups is 2. The van der Waals surface area contributed by atoms with Gasteiger partial charge in [0.2, 0.25) is 5.91 Å². The van der Waals surface area contributed by atoms with Crippen LogP contribution < -0.4 is 5.73 Å². The van der Waals surface area contributed by atoms with Gasteiger partial charge in [-0.15, -0.1) is 11.8 Å². The molecule has 0 aromatic heterocycles. The molecule has 0 radical (unpaired) electrons. The molecule has 2 N–H and O–H groups in total. The number of nitrogens with two attached hydrogens (primary N) is 1. The first-order valence-electron chi connectivity index (χ1n) is 6.12. The number of benzene rings is 1. The summed E-state index contributed by atoms with van der Waals surface area (Å²) in [7, 11) is 0. The number of Topliss-reactive ketones (excluding diaryl/α,β-unsaturated/α-hetero) is 1. The van der Waals surface area contributed by atoms with Gasteiger partial charge in [0.1, 0.15) is 0 Å². The summed E-state index contributed by atoms with van der Waals surface area (Å²) in [6.45, 7) is 0. The maximum atomic E-state index is 12.6. The number of ketones is 1. The van der Waals surface area contributed by atoms with E-state index in [2.05, 4.69) is 4.99 Å². The molecule has 1 aliphatic carbocycles. The highest BCUT2D eigenvalue weighted by Crippen LogP contribution is 2.37. The van der Waals surface area contributed by atoms with Crippen LogP contribution in [0.15, 0.2) is 51.4 Å². The van der Waals surface area contributed by atoms with E-state index in [9.17, 15) is 9.59 Å². The molecule has 5 heteroatoms. The number of rotatable bonds is 2. The molecule has 0 bridgehead atoms. The number of thioether (sulfide) groups is 1. The number of carbonyl (C=O) groups excluding carboxylic acids is 2. The van der Waals surface area contributed by atoms with Gasteiger partial charge >= 0.3 is 0 Å². The molecule has 1 aliphatic heterocycles. The maximum absolute atomic E-state index is 12.6. The third-order valence-corrected chi connectivity index (χ3v) is 4.13. The molecule has 0 saturated carbocycles. The van der Waals surface area contributed by atoms with Crippen molar-refractivity contribution in [3.63, 3.8) is 0 Å². The third kappa shape index (κ3) is 1.91. The lowest BCUT2D eigenvalue weighted by atomic mass is 9.87. The predicted octanol–water partition coefficient (Wildman–Crippen LogP) is 2.39. The second-order valence-corrected chi connectivity index (χ2v) is 5.41. The van der Waals surface area contributed by atoms with E-state index in [1.165, 1.54) is 11.8 Å². The monoisotopic (exact) mass is 284 g/mol. The number of fused-ring (bicyclic) bond motifs is 2. The van der Waals surface area contributed by atoms with Crippen LogP contribution in [-0.2, 0) is 4.79 Å². The summed E-state index contributed by atoms with van der Waals surface area (Å²) >= 11 is 1.42. The summed E-state index contributed by atoms with van der Waals surface area (Å²) in [6.07, 6.45) is 3.89. The molecule has 0 spiro atoms. The van der Waals surface area contributed by atoms with E-state index in [0.717, 1.165) is 4.91 Å². The number of para-hydroxylation sites is 1. The van der Waals surface area contributed by atoms with Crippen molar-refractivity contribution < 1.29 is 9.59 Å². The standard InChI is InChI=1S/C15H12N2O2S/c1-20-12-7-8(15(16)19)6-11-13(12)14(18)9-4-2-3-5-10(9)17-11/h2-5,7H,6H2,1H3,(H2,16,19). The topological polar surface area (TPSA) is 72.5 Å². The lowest BCUT2D eigenvalue weighted by Gasteiger charge is -2.23. The van der Waals surface area contributed by atoms with Crippen molar-refractivity contribution in [1.82, 2.24) is 0 Å². The lowest BCUT2D eigenvalue weighted by Crippen LogP contribution is -2.26. The van der Waals surface area contributed by atoms with E-state index in [1.54, 1.807) is 18.2 Å². The van der Waals surface area contributed by atoms with Crippen molar-refractivity contribution in [2.75, 3.05) is 6.26 Å². The molecule has 1 aromatic rings. The first-order chi connectivity index (χ1) is 9.61. The van der Waals surface area contributed by atoms with Gasteiger partial charge in [-0.05, 0) is 24.5 Å². The molecule has 100 valence electrons. The van der Waals surface area contributed by atoms with Gasteiger partial charge in [0, 0.05) is 22.5 Å². The number of hydrogen-bond acceptors (Lipinski definition) is 4. The van der Waals surface area contributed by atoms with E-state index in [-0.39, 0.29) is 5.78 Å². The van der Waals surface area contributed by atoms with Crippen LogP contribution >= 0.6 is 11.8 Å². The summed E-state index contributed by atoms with van der Waals surface area (Å²) in [6, 6.07) is 7.24. The maximum Gasteiger partial charge on any atom is 0.245 e. The number of nitrogens with zero attached hydrogens (tertiary/aromatic N) is 1. The molecule has 0 unspecified atom stereocenters. The number of allylic oxidation sites excluding steroid dienone is 2. The van der Waals surface area contributed by atoms with Crippen molar-refractivity contribution in [3.8, 4) is 0 Å². The third-order valence-electron chi connectivity index (χ3n) is 3.37. The van der Waals surface area contributed by atoms with E-state index >= 15 is 0 Å². The fourth-order valence-electron chi connectivity index (χ4n) is 2.39. The molecular weight excluding hydrogens is 272 g/mol. The SMILES string of the molecule is CSC1=C2C(=O)c3ccccc3N=C2CC(C(N)=O)=C1. The van der Waals surface area contributed by atoms with Crippen LogP contribution in [-0.4, -0.2) is 23.7 Å². The zero-order valence-electron chi connectivity index (χ0n) is 10.8. The average molecular weight is 284 g/mol. The Morgan fingerprint density at radius 2 is 2.10 bits per heavy atom. The normalized spacial score (nSPS) is 17.1. The highest BCUT2D eigenvalue weighted by molar-refractivity contribution is 8.02. The molecule has 0 saturated heterocycles. The van der Waals surface area contributed by atoms with Gasteiger partial charge in [-0.1, -0.05) is 12.1 Å². The summed E-state index contributed by atoms with van der Waals surface area (Å²) in [5, 5.41) is 0. The minimum atomic E-state index is -0.468. The summed E-state index contributed by atoms with van der Waals surface area (Å²) in [4.78, 5) is 29.3. The molecule has 20 heavy (non-hydrogen) atoms. The smallest absolute Gasteiger partial charge is 0.245 e. The second-order valence-electron chi connectivity index (χ2n) is 4.56. The molecule has 1 amide bonds. The second kappa shape index (κ2) is 4.76. The van der Waals surface area contributed by atoms with E-state index < -0.39 is 5.91 Å². The zero-order chi connectivity index (χ0) is 14.3. The highest BCUT2D eigenvalue weighted by atomic mass is 32.2. The van der Waals surface area contributed by atoms with Crippen LogP contribution in [0.2, 0.25) is 0 Å². The zero-order valence-corrected chi connectivity index (χ0v) is 11.7. The molecule has 2 aliphatic rings. The fraction of sp³-hybridized carbons (Fsp3) is 0.133. The van der Waals surface area contributed by atoms with Crippen molar-refractivity contribution in [2.45, 2.75) is 6.42 Å². The van der Waals surface area contributed by atoms with Gasteiger partial charge in [0.05, 0.1) is 17.0 Å². The van der Waals surface area contributed by atoms with Gasteiger partial charge in [-0.2, -0.15) is 0 Å². The van der Waals surface area contributed by atoms with Gasteiger partial charge in [-0.25, -0.2) is 0 Å². The number of primary amides is 1. The van der Waals surface area contributed by atoms with E-state index in [1.807, 2.05) is 18.4 Å². The average Bonchev–Trinajstić information content (AvgIpc) is 2.46. The molecule has 4 nitrogen and oxygen atoms in total. The molecule has 0 fully saturated rings. The Kier molecular flexibility index (Phi) is 3.06. The first-order valence-corrected chi connectivity index (χ1v) is 7.34. The predicted molar refractivity (Wildman–Crippen MR) is 80.3 cm³/mol. The number of hydrogen-bond donors (Lipinski definition) is 1. The summed E-state index contributed by atoms with van der Waals surface area (Å²) < 4.78 is 0. The highest BCUT2D eigenvalue weighted by Gasteiger charge is 2.31. The van der Waals surface area contributed by atoms with Gasteiger partial charge in [0.15, 0.2) is 5.78 Å². The molecule has 1 aromatic carbocycles. The van der Waals surface area contributed by atoms with Crippen molar-refractivity contribution in [1.29, 1.82) is 0 Å². The Hall–Kier alpha value is -2.14. The van der Waals surface area contributed by atoms with Gasteiger partial charge in [-0.3, -0.25) is 14.6 Å². The Morgan fingerprint density at radius 1 is 1.35 bits per heavy atom. The Labute approximate surface area is 120 Å². The van der Waals surface area contributed by atoms with E-state index in [0.29, 0.717) is 34.5 Å². The molecule has 3 rings (SSSR count). The van der Waals surface area contributed by atoms with Crippen molar-refractivity contribution in [3.05, 3.63) is 52.0 Å². The minimum Gasteiger partial charge on any atom is -0.366 e. The van der Waals surface area contributed by atoms with Gasteiger partial charge < -0.3 is 5.73 Å². The van der Waals surface area contributed by atoms with Crippen LogP contribution in [0.1, 0.15) is 16.8 Å². The molecule has 0 atom stereocenters. The van der Waals surface area contributed by atoms with Crippen LogP contribution in [0.25, 0.3) is 0 Å². The van der Waals surface area contributed by atoms with Crippen LogP contribution in [0.3, 0.4) is 0 Å². The Balaban J connectivity index is 2.23. The van der Waals surface area contributed by atoms with Crippen molar-refractivity contribution in [2.24, 2.45) is 10.7 Å².